The third-order valence-electron chi connectivity index (χ3n) is 5.88. The van der Waals surface area contributed by atoms with Crippen molar-refractivity contribution in [2.24, 2.45) is 0 Å². The van der Waals surface area contributed by atoms with Crippen molar-refractivity contribution in [3.05, 3.63) is 118 Å². The third kappa shape index (κ3) is 5.58. The number of ether oxygens (including phenoxy) is 1. The van der Waals surface area contributed by atoms with Gasteiger partial charge in [-0.3, -0.25) is 4.79 Å². The highest BCUT2D eigenvalue weighted by Gasteiger charge is 2.15. The molecule has 37 heavy (non-hydrogen) atoms. The van der Waals surface area contributed by atoms with Gasteiger partial charge in [-0.25, -0.2) is 4.39 Å². The quantitative estimate of drug-likeness (QED) is 0.246. The second kappa shape index (κ2) is 11.1. The summed E-state index contributed by atoms with van der Waals surface area (Å²) in [6, 6.07) is 26.6. The number of benzene rings is 3. The van der Waals surface area contributed by atoms with Crippen LogP contribution in [0.2, 0.25) is 0 Å². The van der Waals surface area contributed by atoms with Gasteiger partial charge in [0.2, 0.25) is 0 Å². The van der Waals surface area contributed by atoms with Gasteiger partial charge < -0.3 is 14.6 Å². The van der Waals surface area contributed by atoms with Crippen LogP contribution in [0, 0.1) is 42.3 Å². The van der Waals surface area contributed by atoms with Gasteiger partial charge in [0.05, 0.1) is 17.3 Å². The molecule has 1 heterocycles. The van der Waals surface area contributed by atoms with Crippen LogP contribution in [0.3, 0.4) is 0 Å². The van der Waals surface area contributed by atoms with E-state index in [0.29, 0.717) is 16.9 Å². The van der Waals surface area contributed by atoms with Gasteiger partial charge in [0.1, 0.15) is 29.8 Å². The first-order valence-electron chi connectivity index (χ1n) is 11.5. The number of carbonyl (C=O) groups excluding carboxylic acids is 1. The molecule has 0 fully saturated rings. The van der Waals surface area contributed by atoms with Crippen molar-refractivity contribution in [1.29, 1.82) is 10.5 Å². The Morgan fingerprint density at radius 1 is 1.03 bits per heavy atom. The Balaban J connectivity index is 1.53. The first-order valence-corrected chi connectivity index (χ1v) is 11.5. The second-order valence-electron chi connectivity index (χ2n) is 8.32. The lowest BCUT2D eigenvalue weighted by molar-refractivity contribution is -0.112. The third-order valence-corrected chi connectivity index (χ3v) is 5.88. The normalized spacial score (nSPS) is 10.9. The summed E-state index contributed by atoms with van der Waals surface area (Å²) in [4.78, 5) is 12.6. The van der Waals surface area contributed by atoms with Crippen molar-refractivity contribution in [3.8, 4) is 23.6 Å². The number of nitriles is 2. The number of aromatic nitrogens is 1. The highest BCUT2D eigenvalue weighted by molar-refractivity contribution is 6.09. The van der Waals surface area contributed by atoms with Gasteiger partial charge >= 0.3 is 0 Å². The summed E-state index contributed by atoms with van der Waals surface area (Å²) in [5, 5.41) is 21.3. The Kier molecular flexibility index (Phi) is 7.47. The molecule has 4 rings (SSSR count). The van der Waals surface area contributed by atoms with Gasteiger partial charge in [0, 0.05) is 22.6 Å². The number of amides is 1. The van der Waals surface area contributed by atoms with E-state index in [1.807, 2.05) is 73.0 Å². The van der Waals surface area contributed by atoms with E-state index in [9.17, 15) is 19.7 Å². The molecule has 3 aromatic carbocycles. The molecular formula is C30H23FN4O2. The Morgan fingerprint density at radius 2 is 1.73 bits per heavy atom. The molecule has 1 aromatic heterocycles. The van der Waals surface area contributed by atoms with Gasteiger partial charge in [0.15, 0.2) is 0 Å². The van der Waals surface area contributed by atoms with Crippen LogP contribution < -0.4 is 10.1 Å². The van der Waals surface area contributed by atoms with Crippen molar-refractivity contribution in [3.63, 3.8) is 0 Å². The van der Waals surface area contributed by atoms with Crippen LogP contribution in [-0.4, -0.2) is 10.5 Å². The van der Waals surface area contributed by atoms with E-state index in [1.54, 1.807) is 12.1 Å². The first kappa shape index (κ1) is 25.0. The fourth-order valence-electron chi connectivity index (χ4n) is 4.00. The zero-order chi connectivity index (χ0) is 26.4. The average Bonchev–Trinajstić information content (AvgIpc) is 3.19. The molecule has 0 bridgehead atoms. The monoisotopic (exact) mass is 490 g/mol. The SMILES string of the molecule is Cc1cc(/C=C(/C#N)C(=O)Nc2ccccc2F)c(C)n1-c1ccc(OCc2ccccc2C#N)cc1. The summed E-state index contributed by atoms with van der Waals surface area (Å²) in [6.07, 6.45) is 1.50. The Labute approximate surface area is 214 Å². The van der Waals surface area contributed by atoms with Crippen molar-refractivity contribution < 1.29 is 13.9 Å². The fourth-order valence-corrected chi connectivity index (χ4v) is 4.00. The lowest BCUT2D eigenvalue weighted by Gasteiger charge is -2.12. The van der Waals surface area contributed by atoms with Crippen LogP contribution in [0.1, 0.15) is 28.1 Å². The summed E-state index contributed by atoms with van der Waals surface area (Å²) in [5.74, 6) is -0.597. The van der Waals surface area contributed by atoms with Crippen LogP contribution in [0.15, 0.2) is 84.4 Å². The van der Waals surface area contributed by atoms with E-state index in [2.05, 4.69) is 11.4 Å². The summed E-state index contributed by atoms with van der Waals surface area (Å²) >= 11 is 0. The van der Waals surface area contributed by atoms with Gasteiger partial charge in [-0.2, -0.15) is 10.5 Å². The molecule has 0 aliphatic heterocycles. The van der Waals surface area contributed by atoms with Crippen LogP contribution in [0.25, 0.3) is 11.8 Å². The number of nitrogens with zero attached hydrogens (tertiary/aromatic N) is 3. The predicted octanol–water partition coefficient (Wildman–Crippen LogP) is 6.23. The van der Waals surface area contributed by atoms with Crippen molar-refractivity contribution >= 4 is 17.7 Å². The summed E-state index contributed by atoms with van der Waals surface area (Å²) in [7, 11) is 0. The summed E-state index contributed by atoms with van der Waals surface area (Å²) in [5.41, 5.74) is 4.60. The zero-order valence-corrected chi connectivity index (χ0v) is 20.3. The molecule has 0 unspecified atom stereocenters. The summed E-state index contributed by atoms with van der Waals surface area (Å²) < 4.78 is 21.8. The average molecular weight is 491 g/mol. The number of rotatable bonds is 7. The van der Waals surface area contributed by atoms with E-state index < -0.39 is 11.7 Å². The number of nitrogens with one attached hydrogen (secondary N) is 1. The lowest BCUT2D eigenvalue weighted by atomic mass is 10.1. The maximum atomic E-state index is 13.9. The largest absolute Gasteiger partial charge is 0.489 e. The Morgan fingerprint density at radius 3 is 2.43 bits per heavy atom. The number of hydrogen-bond acceptors (Lipinski definition) is 4. The minimum Gasteiger partial charge on any atom is -0.489 e. The first-order chi connectivity index (χ1) is 17.9. The van der Waals surface area contributed by atoms with Crippen LogP contribution in [-0.2, 0) is 11.4 Å². The number of para-hydroxylation sites is 1. The van der Waals surface area contributed by atoms with Crippen LogP contribution >= 0.6 is 0 Å². The van der Waals surface area contributed by atoms with Gasteiger partial charge in [-0.15, -0.1) is 0 Å². The zero-order valence-electron chi connectivity index (χ0n) is 20.3. The number of aryl methyl sites for hydroxylation is 1. The molecule has 6 nitrogen and oxygen atoms in total. The molecule has 0 aliphatic rings. The van der Waals surface area contributed by atoms with Crippen molar-refractivity contribution in [2.75, 3.05) is 5.32 Å². The van der Waals surface area contributed by atoms with E-state index in [0.717, 1.165) is 22.6 Å². The molecule has 0 radical (unpaired) electrons. The predicted molar refractivity (Wildman–Crippen MR) is 139 cm³/mol. The maximum absolute atomic E-state index is 13.9. The van der Waals surface area contributed by atoms with Gasteiger partial charge in [-0.1, -0.05) is 30.3 Å². The highest BCUT2D eigenvalue weighted by atomic mass is 19.1. The minimum absolute atomic E-state index is 0.0116. The number of hydrogen-bond donors (Lipinski definition) is 1. The highest BCUT2D eigenvalue weighted by Crippen LogP contribution is 2.25. The molecule has 0 saturated heterocycles. The topological polar surface area (TPSA) is 90.8 Å². The molecule has 0 spiro atoms. The molecule has 1 amide bonds. The number of carbonyl (C=O) groups is 1. The molecule has 0 atom stereocenters. The Hall–Kier alpha value is -5.14. The summed E-state index contributed by atoms with van der Waals surface area (Å²) in [6.45, 7) is 4.11. The number of anilines is 1. The molecular weight excluding hydrogens is 467 g/mol. The molecule has 182 valence electrons. The Bertz CT molecular complexity index is 1570. The smallest absolute Gasteiger partial charge is 0.266 e. The van der Waals surface area contributed by atoms with Crippen molar-refractivity contribution in [1.82, 2.24) is 4.57 Å². The molecule has 1 N–H and O–H groups in total. The second-order valence-corrected chi connectivity index (χ2v) is 8.32. The van der Waals surface area contributed by atoms with E-state index >= 15 is 0 Å². The molecule has 4 aromatic rings. The van der Waals surface area contributed by atoms with Gasteiger partial charge in [-0.05, 0) is 74.0 Å². The standard InChI is InChI=1S/C30H23FN4O2/c1-20-15-24(16-25(18-33)30(36)34-29-10-6-5-9-28(29)31)21(2)35(20)26-11-13-27(14-12-26)37-19-23-8-4-3-7-22(23)17-32/h3-16H,19H2,1-2H3,(H,34,36)/b25-16-. The minimum atomic E-state index is -0.683. The lowest BCUT2D eigenvalue weighted by Crippen LogP contribution is -2.14. The van der Waals surface area contributed by atoms with Crippen LogP contribution in [0.5, 0.6) is 5.75 Å². The fraction of sp³-hybridized carbons (Fsp3) is 0.100. The van der Waals surface area contributed by atoms with Gasteiger partial charge in [0.25, 0.3) is 5.91 Å². The number of halogens is 1. The van der Waals surface area contributed by atoms with E-state index in [4.69, 9.17) is 4.74 Å². The van der Waals surface area contributed by atoms with E-state index in [-0.39, 0.29) is 17.9 Å². The molecule has 7 heteroatoms. The van der Waals surface area contributed by atoms with Crippen molar-refractivity contribution in [2.45, 2.75) is 20.5 Å². The maximum Gasteiger partial charge on any atom is 0.266 e. The van der Waals surface area contributed by atoms with E-state index in [1.165, 1.54) is 24.3 Å². The van der Waals surface area contributed by atoms with Crippen LogP contribution in [0.4, 0.5) is 10.1 Å². The molecule has 0 saturated carbocycles. The molecule has 0 aliphatic carbocycles.